The van der Waals surface area contributed by atoms with E-state index < -0.39 is 21.9 Å². The van der Waals surface area contributed by atoms with Gasteiger partial charge in [-0.2, -0.15) is 4.31 Å². The summed E-state index contributed by atoms with van der Waals surface area (Å²) in [4.78, 5) is 15.6. The van der Waals surface area contributed by atoms with E-state index in [0.717, 1.165) is 23.3 Å². The molecule has 9 heteroatoms. The second kappa shape index (κ2) is 10.6. The summed E-state index contributed by atoms with van der Waals surface area (Å²) in [7, 11) is -2.20. The van der Waals surface area contributed by atoms with Crippen molar-refractivity contribution in [3.8, 4) is 5.75 Å². The van der Waals surface area contributed by atoms with E-state index in [1.165, 1.54) is 16.4 Å². The van der Waals surface area contributed by atoms with Crippen molar-refractivity contribution in [2.75, 3.05) is 38.6 Å². The largest absolute Gasteiger partial charge is 0.495 e. The smallest absolute Gasteiger partial charge is 0.246 e. The molecule has 0 aliphatic carbocycles. The number of aryl methyl sites for hydroxylation is 1. The molecule has 0 unspecified atom stereocenters. The highest BCUT2D eigenvalue weighted by molar-refractivity contribution is 7.89. The Hall–Kier alpha value is -3.27. The molecule has 184 valence electrons. The first-order valence-electron chi connectivity index (χ1n) is 11.3. The lowest BCUT2D eigenvalue weighted by atomic mass is 10.0. The number of sulfonamides is 1. The van der Waals surface area contributed by atoms with Crippen LogP contribution in [0.2, 0.25) is 0 Å². The highest BCUT2D eigenvalue weighted by Gasteiger charge is 2.34. The maximum absolute atomic E-state index is 13.5. The van der Waals surface area contributed by atoms with Crippen molar-refractivity contribution in [1.29, 1.82) is 0 Å². The van der Waals surface area contributed by atoms with E-state index in [9.17, 15) is 17.6 Å². The van der Waals surface area contributed by atoms with Gasteiger partial charge in [0.2, 0.25) is 15.9 Å². The van der Waals surface area contributed by atoms with Crippen LogP contribution in [0.3, 0.4) is 0 Å². The van der Waals surface area contributed by atoms with Crippen LogP contribution >= 0.6 is 0 Å². The molecule has 1 aliphatic rings. The van der Waals surface area contributed by atoms with Gasteiger partial charge < -0.3 is 10.1 Å². The number of halogens is 1. The topological polar surface area (TPSA) is 79.0 Å². The molecule has 0 radical (unpaired) electrons. The fourth-order valence-corrected chi connectivity index (χ4v) is 5.66. The number of hydrogen-bond donors (Lipinski definition) is 1. The fraction of sp³-hybridized carbons (Fsp3) is 0.269. The summed E-state index contributed by atoms with van der Waals surface area (Å²) >= 11 is 0. The van der Waals surface area contributed by atoms with Crippen LogP contribution in [-0.2, 0) is 14.8 Å². The van der Waals surface area contributed by atoms with Crippen LogP contribution in [0, 0.1) is 12.7 Å². The van der Waals surface area contributed by atoms with Crippen molar-refractivity contribution in [2.24, 2.45) is 0 Å². The number of methoxy groups -OCH3 is 1. The summed E-state index contributed by atoms with van der Waals surface area (Å²) in [6.45, 7) is 3.08. The predicted molar refractivity (Wildman–Crippen MR) is 132 cm³/mol. The van der Waals surface area contributed by atoms with Crippen molar-refractivity contribution < 1.29 is 22.3 Å². The van der Waals surface area contributed by atoms with Crippen LogP contribution in [-0.4, -0.2) is 56.8 Å². The van der Waals surface area contributed by atoms with Gasteiger partial charge in [-0.25, -0.2) is 12.8 Å². The zero-order valence-corrected chi connectivity index (χ0v) is 20.5. The SMILES string of the molecule is COc1ccc(C)cc1NC(=O)[C@@H](c1ccccc1)N1CCN(S(=O)(=O)c2ccc(F)cc2)CC1. The van der Waals surface area contributed by atoms with Crippen molar-refractivity contribution in [1.82, 2.24) is 9.21 Å². The molecular formula is C26H28FN3O4S. The third-order valence-electron chi connectivity index (χ3n) is 6.07. The Balaban J connectivity index is 1.55. The second-order valence-electron chi connectivity index (χ2n) is 8.40. The van der Waals surface area contributed by atoms with Gasteiger partial charge in [-0.05, 0) is 54.4 Å². The normalized spacial score (nSPS) is 16.0. The molecule has 7 nitrogen and oxygen atoms in total. The molecule has 1 aliphatic heterocycles. The molecule has 3 aromatic carbocycles. The van der Waals surface area contributed by atoms with E-state index in [1.54, 1.807) is 7.11 Å². The molecule has 3 aromatic rings. The first-order valence-corrected chi connectivity index (χ1v) is 12.7. The molecule has 1 saturated heterocycles. The molecule has 0 spiro atoms. The van der Waals surface area contributed by atoms with E-state index in [-0.39, 0.29) is 23.9 Å². The number of benzene rings is 3. The summed E-state index contributed by atoms with van der Waals surface area (Å²) in [5.41, 5.74) is 2.37. The molecule has 1 amide bonds. The Morgan fingerprint density at radius 3 is 2.26 bits per heavy atom. The van der Waals surface area contributed by atoms with Gasteiger partial charge >= 0.3 is 0 Å². The van der Waals surface area contributed by atoms with Crippen LogP contribution < -0.4 is 10.1 Å². The molecule has 1 fully saturated rings. The van der Waals surface area contributed by atoms with Gasteiger partial charge in [-0.3, -0.25) is 9.69 Å². The van der Waals surface area contributed by atoms with Gasteiger partial charge in [0.15, 0.2) is 0 Å². The lowest BCUT2D eigenvalue weighted by Crippen LogP contribution is -2.51. The number of anilines is 1. The van der Waals surface area contributed by atoms with Crippen LogP contribution in [0.25, 0.3) is 0 Å². The number of piperazine rings is 1. The van der Waals surface area contributed by atoms with Crippen molar-refractivity contribution in [3.05, 3.63) is 89.7 Å². The molecule has 0 saturated carbocycles. The molecule has 1 N–H and O–H groups in total. The Bertz CT molecular complexity index is 1280. The number of rotatable bonds is 7. The lowest BCUT2D eigenvalue weighted by Gasteiger charge is -2.38. The second-order valence-corrected chi connectivity index (χ2v) is 10.3. The summed E-state index contributed by atoms with van der Waals surface area (Å²) in [5, 5.41) is 3.00. The minimum absolute atomic E-state index is 0.0521. The summed E-state index contributed by atoms with van der Waals surface area (Å²) in [5.74, 6) is -0.156. The summed E-state index contributed by atoms with van der Waals surface area (Å²) in [6, 6.07) is 19.2. The van der Waals surface area contributed by atoms with Gasteiger partial charge in [-0.1, -0.05) is 36.4 Å². The third-order valence-corrected chi connectivity index (χ3v) is 7.98. The van der Waals surface area contributed by atoms with Crippen LogP contribution in [0.4, 0.5) is 10.1 Å². The van der Waals surface area contributed by atoms with E-state index in [2.05, 4.69) is 5.32 Å². The maximum atomic E-state index is 13.5. The van der Waals surface area contributed by atoms with Crippen molar-refractivity contribution in [2.45, 2.75) is 17.9 Å². The first-order chi connectivity index (χ1) is 16.8. The van der Waals surface area contributed by atoms with Crippen molar-refractivity contribution in [3.63, 3.8) is 0 Å². The Morgan fingerprint density at radius 1 is 0.971 bits per heavy atom. The minimum Gasteiger partial charge on any atom is -0.495 e. The predicted octanol–water partition coefficient (Wildman–Crippen LogP) is 3.83. The highest BCUT2D eigenvalue weighted by atomic mass is 32.2. The average Bonchev–Trinajstić information content (AvgIpc) is 2.86. The van der Waals surface area contributed by atoms with E-state index in [0.29, 0.717) is 24.5 Å². The van der Waals surface area contributed by atoms with Crippen LogP contribution in [0.15, 0.2) is 77.7 Å². The van der Waals surface area contributed by atoms with Crippen molar-refractivity contribution >= 4 is 21.6 Å². The number of carbonyl (C=O) groups is 1. The third kappa shape index (κ3) is 5.53. The number of nitrogens with one attached hydrogen (secondary N) is 1. The average molecular weight is 498 g/mol. The zero-order valence-electron chi connectivity index (χ0n) is 19.6. The number of carbonyl (C=O) groups excluding carboxylic acids is 1. The number of ether oxygens (including phenoxy) is 1. The Morgan fingerprint density at radius 2 is 1.63 bits per heavy atom. The molecule has 4 rings (SSSR count). The molecule has 1 heterocycles. The lowest BCUT2D eigenvalue weighted by molar-refractivity contribution is -0.122. The van der Waals surface area contributed by atoms with Crippen LogP contribution in [0.5, 0.6) is 5.75 Å². The Labute approximate surface area is 205 Å². The van der Waals surface area contributed by atoms with Gasteiger partial charge in [-0.15, -0.1) is 0 Å². The number of amides is 1. The van der Waals surface area contributed by atoms with E-state index in [4.69, 9.17) is 4.74 Å². The first kappa shape index (κ1) is 24.8. The van der Waals surface area contributed by atoms with Gasteiger partial charge in [0.25, 0.3) is 0 Å². The fourth-order valence-electron chi connectivity index (χ4n) is 4.24. The molecular weight excluding hydrogens is 469 g/mol. The van der Waals surface area contributed by atoms with Gasteiger partial charge in [0.05, 0.1) is 17.7 Å². The Kier molecular flexibility index (Phi) is 7.49. The number of hydrogen-bond acceptors (Lipinski definition) is 5. The highest BCUT2D eigenvalue weighted by Crippen LogP contribution is 2.30. The molecule has 0 bridgehead atoms. The van der Waals surface area contributed by atoms with E-state index in [1.807, 2.05) is 60.4 Å². The molecule has 0 aromatic heterocycles. The summed E-state index contributed by atoms with van der Waals surface area (Å²) < 4.78 is 46.1. The quantitative estimate of drug-likeness (QED) is 0.537. The standard InChI is InChI=1S/C26H28FN3O4S/c1-19-8-13-24(34-2)23(18-19)28-26(31)25(20-6-4-3-5-7-20)29-14-16-30(17-15-29)35(32,33)22-11-9-21(27)10-12-22/h3-13,18,25H,14-17H2,1-2H3,(H,28,31)/t25-/m1/s1. The molecule has 1 atom stereocenters. The summed E-state index contributed by atoms with van der Waals surface area (Å²) in [6.07, 6.45) is 0. The van der Waals surface area contributed by atoms with E-state index >= 15 is 0 Å². The number of nitrogens with zero attached hydrogens (tertiary/aromatic N) is 2. The molecule has 35 heavy (non-hydrogen) atoms. The van der Waals surface area contributed by atoms with Gasteiger partial charge in [0.1, 0.15) is 17.6 Å². The monoisotopic (exact) mass is 497 g/mol. The zero-order chi connectivity index (χ0) is 25.0. The van der Waals surface area contributed by atoms with Crippen LogP contribution in [0.1, 0.15) is 17.2 Å². The maximum Gasteiger partial charge on any atom is 0.246 e. The van der Waals surface area contributed by atoms with Gasteiger partial charge in [0, 0.05) is 26.2 Å². The minimum atomic E-state index is -3.75.